The van der Waals surface area contributed by atoms with Gasteiger partial charge in [0.05, 0.1) is 4.47 Å². The summed E-state index contributed by atoms with van der Waals surface area (Å²) in [6, 6.07) is 20.5. The summed E-state index contributed by atoms with van der Waals surface area (Å²) in [7, 11) is 0. The molecular weight excluding hydrogens is 522 g/mol. The zero-order valence-corrected chi connectivity index (χ0v) is 19.0. The van der Waals surface area contributed by atoms with Crippen molar-refractivity contribution >= 4 is 53.5 Å². The zero-order chi connectivity index (χ0) is 18.5. The minimum Gasteiger partial charge on any atom is -0.487 e. The maximum absolute atomic E-state index is 6.14. The predicted molar refractivity (Wildman–Crippen MR) is 119 cm³/mol. The first-order valence-corrected chi connectivity index (χ1v) is 10.6. The lowest BCUT2D eigenvalue weighted by Gasteiger charge is -2.16. The van der Waals surface area contributed by atoms with E-state index in [0.29, 0.717) is 13.2 Å². The van der Waals surface area contributed by atoms with Crippen molar-refractivity contribution in [3.8, 4) is 5.75 Å². The molecule has 0 unspecified atom stereocenters. The van der Waals surface area contributed by atoms with Gasteiger partial charge in [-0.1, -0.05) is 62.2 Å². The van der Waals surface area contributed by atoms with E-state index in [1.165, 1.54) is 5.56 Å². The molecule has 0 spiro atoms. The van der Waals surface area contributed by atoms with Crippen LogP contribution in [0.5, 0.6) is 5.75 Å². The van der Waals surface area contributed by atoms with E-state index in [9.17, 15) is 0 Å². The molecule has 0 heterocycles. The fraction of sp³-hybridized carbons (Fsp3) is 0.143. The summed E-state index contributed by atoms with van der Waals surface area (Å²) < 4.78 is 9.16. The maximum Gasteiger partial charge on any atom is 0.139 e. The third-order valence-electron chi connectivity index (χ3n) is 4.00. The van der Waals surface area contributed by atoms with E-state index < -0.39 is 0 Å². The Kier molecular flexibility index (Phi) is 6.79. The Balaban J connectivity index is 1.78. The van der Waals surface area contributed by atoms with Crippen LogP contribution < -0.4 is 10.1 Å². The fourth-order valence-electron chi connectivity index (χ4n) is 2.60. The Morgan fingerprint density at radius 2 is 1.62 bits per heavy atom. The van der Waals surface area contributed by atoms with Crippen LogP contribution in [0.1, 0.15) is 16.7 Å². The van der Waals surface area contributed by atoms with Crippen molar-refractivity contribution in [3.63, 3.8) is 0 Å². The number of nitrogens with one attached hydrogen (secondary N) is 1. The SMILES string of the molecule is Cc1ccccc1NCc1cc(Br)cc(Br)c1OCc1ccc(Br)cc1. The molecule has 0 aliphatic carbocycles. The molecule has 134 valence electrons. The van der Waals surface area contributed by atoms with Crippen LogP contribution in [0.15, 0.2) is 74.1 Å². The number of halogens is 3. The van der Waals surface area contributed by atoms with E-state index in [-0.39, 0.29) is 0 Å². The lowest BCUT2D eigenvalue weighted by Crippen LogP contribution is -2.05. The molecule has 0 radical (unpaired) electrons. The molecule has 3 rings (SSSR count). The second-order valence-electron chi connectivity index (χ2n) is 5.96. The van der Waals surface area contributed by atoms with Gasteiger partial charge >= 0.3 is 0 Å². The fourth-order valence-corrected chi connectivity index (χ4v) is 4.30. The summed E-state index contributed by atoms with van der Waals surface area (Å²) in [6.07, 6.45) is 0. The van der Waals surface area contributed by atoms with Crippen LogP contribution >= 0.6 is 47.8 Å². The molecule has 0 aromatic heterocycles. The Bertz CT molecular complexity index is 894. The number of anilines is 1. The number of benzene rings is 3. The largest absolute Gasteiger partial charge is 0.487 e. The van der Waals surface area contributed by atoms with Crippen molar-refractivity contribution in [2.24, 2.45) is 0 Å². The number of hydrogen-bond acceptors (Lipinski definition) is 2. The molecule has 26 heavy (non-hydrogen) atoms. The number of ether oxygens (including phenoxy) is 1. The van der Waals surface area contributed by atoms with Crippen molar-refractivity contribution in [3.05, 3.63) is 90.8 Å². The highest BCUT2D eigenvalue weighted by Crippen LogP contribution is 2.34. The summed E-state index contributed by atoms with van der Waals surface area (Å²) in [4.78, 5) is 0. The quantitative estimate of drug-likeness (QED) is 0.351. The van der Waals surface area contributed by atoms with Crippen LogP contribution in [0.2, 0.25) is 0 Å². The van der Waals surface area contributed by atoms with Gasteiger partial charge in [0.1, 0.15) is 12.4 Å². The Hall–Kier alpha value is -1.30. The standard InChI is InChI=1S/C21H18Br3NO/c1-14-4-2-3-5-20(14)25-12-16-10-18(23)11-19(24)21(16)26-13-15-6-8-17(22)9-7-15/h2-11,25H,12-13H2,1H3. The first kappa shape index (κ1) is 19.5. The average molecular weight is 540 g/mol. The lowest BCUT2D eigenvalue weighted by atomic mass is 10.1. The van der Waals surface area contributed by atoms with Gasteiger partial charge < -0.3 is 10.1 Å². The van der Waals surface area contributed by atoms with Gasteiger partial charge in [0.15, 0.2) is 0 Å². The minimum atomic E-state index is 0.519. The smallest absolute Gasteiger partial charge is 0.139 e. The molecule has 1 N–H and O–H groups in total. The van der Waals surface area contributed by atoms with E-state index in [1.54, 1.807) is 0 Å². The van der Waals surface area contributed by atoms with Crippen LogP contribution in [-0.4, -0.2) is 0 Å². The van der Waals surface area contributed by atoms with E-state index in [0.717, 1.165) is 36.0 Å². The molecule has 5 heteroatoms. The Labute approximate surface area is 179 Å². The van der Waals surface area contributed by atoms with Gasteiger partial charge in [-0.25, -0.2) is 0 Å². The Morgan fingerprint density at radius 3 is 2.35 bits per heavy atom. The summed E-state index contributed by atoms with van der Waals surface area (Å²) >= 11 is 10.7. The third-order valence-corrected chi connectivity index (χ3v) is 5.57. The Morgan fingerprint density at radius 1 is 0.885 bits per heavy atom. The number of para-hydroxylation sites is 1. The van der Waals surface area contributed by atoms with Gasteiger partial charge in [0, 0.05) is 26.7 Å². The van der Waals surface area contributed by atoms with Crippen LogP contribution in [0.3, 0.4) is 0 Å². The summed E-state index contributed by atoms with van der Waals surface area (Å²) in [6.45, 7) is 3.30. The molecule has 3 aromatic carbocycles. The van der Waals surface area contributed by atoms with Gasteiger partial charge in [-0.05, 0) is 64.3 Å². The molecule has 0 bridgehead atoms. The normalized spacial score (nSPS) is 10.6. The van der Waals surface area contributed by atoms with Crippen LogP contribution in [0.4, 0.5) is 5.69 Å². The second-order valence-corrected chi connectivity index (χ2v) is 8.65. The van der Waals surface area contributed by atoms with Crippen LogP contribution in [0.25, 0.3) is 0 Å². The third kappa shape index (κ3) is 5.12. The molecule has 0 saturated heterocycles. The molecule has 0 amide bonds. The first-order chi connectivity index (χ1) is 12.5. The second kappa shape index (κ2) is 9.07. The predicted octanol–water partition coefficient (Wildman–Crippen LogP) is 7.47. The van der Waals surface area contributed by atoms with Gasteiger partial charge in [0.2, 0.25) is 0 Å². The van der Waals surface area contributed by atoms with Crippen molar-refractivity contribution in [2.45, 2.75) is 20.1 Å². The monoisotopic (exact) mass is 537 g/mol. The van der Waals surface area contributed by atoms with E-state index >= 15 is 0 Å². The molecule has 0 saturated carbocycles. The molecule has 0 atom stereocenters. The number of hydrogen-bond donors (Lipinski definition) is 1. The molecule has 0 aliphatic rings. The minimum absolute atomic E-state index is 0.519. The van der Waals surface area contributed by atoms with Crippen molar-refractivity contribution in [1.82, 2.24) is 0 Å². The maximum atomic E-state index is 6.14. The zero-order valence-electron chi connectivity index (χ0n) is 14.2. The van der Waals surface area contributed by atoms with Crippen LogP contribution in [-0.2, 0) is 13.2 Å². The van der Waals surface area contributed by atoms with Gasteiger partial charge in [0.25, 0.3) is 0 Å². The van der Waals surface area contributed by atoms with Crippen molar-refractivity contribution in [1.29, 1.82) is 0 Å². The van der Waals surface area contributed by atoms with Gasteiger partial charge in [-0.2, -0.15) is 0 Å². The van der Waals surface area contributed by atoms with E-state index in [1.807, 2.05) is 30.3 Å². The first-order valence-electron chi connectivity index (χ1n) is 8.17. The molecule has 0 aliphatic heterocycles. The molecule has 3 aromatic rings. The van der Waals surface area contributed by atoms with Crippen molar-refractivity contribution in [2.75, 3.05) is 5.32 Å². The number of aryl methyl sites for hydroxylation is 1. The topological polar surface area (TPSA) is 21.3 Å². The summed E-state index contributed by atoms with van der Waals surface area (Å²) in [5.41, 5.74) is 4.56. The van der Waals surface area contributed by atoms with Gasteiger partial charge in [-0.15, -0.1) is 0 Å². The van der Waals surface area contributed by atoms with Crippen molar-refractivity contribution < 1.29 is 4.74 Å². The molecule has 2 nitrogen and oxygen atoms in total. The summed E-state index contributed by atoms with van der Waals surface area (Å²) in [5.74, 6) is 0.859. The highest BCUT2D eigenvalue weighted by molar-refractivity contribution is 9.11. The highest BCUT2D eigenvalue weighted by atomic mass is 79.9. The van der Waals surface area contributed by atoms with Gasteiger partial charge in [-0.3, -0.25) is 0 Å². The molecular formula is C21H18Br3NO. The summed E-state index contributed by atoms with van der Waals surface area (Å²) in [5, 5.41) is 3.50. The molecule has 0 fully saturated rings. The highest BCUT2D eigenvalue weighted by Gasteiger charge is 2.11. The van der Waals surface area contributed by atoms with E-state index in [2.05, 4.69) is 90.4 Å². The lowest BCUT2D eigenvalue weighted by molar-refractivity contribution is 0.301. The number of rotatable bonds is 6. The van der Waals surface area contributed by atoms with E-state index in [4.69, 9.17) is 4.74 Å². The van der Waals surface area contributed by atoms with Crippen LogP contribution in [0, 0.1) is 6.92 Å². The average Bonchev–Trinajstić information content (AvgIpc) is 2.61.